The Balaban J connectivity index is 1.71. The average molecular weight is 292 g/mol. The number of rotatable bonds is 1. The summed E-state index contributed by atoms with van der Waals surface area (Å²) < 4.78 is 0. The van der Waals surface area contributed by atoms with Crippen LogP contribution < -0.4 is 5.32 Å². The fourth-order valence-electron chi connectivity index (χ4n) is 4.17. The van der Waals surface area contributed by atoms with Crippen LogP contribution in [0.3, 0.4) is 0 Å². The SMILES string of the molecule is CC(C)(C)C1CCC(C2CNc3c(Cl)cccc32)CC1. The molecule has 0 bridgehead atoms. The van der Waals surface area contributed by atoms with Gasteiger partial charge < -0.3 is 5.32 Å². The predicted octanol–water partition coefficient (Wildman–Crippen LogP) is 5.70. The van der Waals surface area contributed by atoms with Crippen molar-refractivity contribution in [3.8, 4) is 0 Å². The van der Waals surface area contributed by atoms with E-state index in [1.165, 1.54) is 36.9 Å². The van der Waals surface area contributed by atoms with Gasteiger partial charge in [-0.05, 0) is 54.6 Å². The minimum atomic E-state index is 0.472. The van der Waals surface area contributed by atoms with Gasteiger partial charge in [-0.2, -0.15) is 0 Å². The lowest BCUT2D eigenvalue weighted by Crippen LogP contribution is -2.28. The molecule has 1 nitrogen and oxygen atoms in total. The maximum atomic E-state index is 6.29. The van der Waals surface area contributed by atoms with Gasteiger partial charge in [0.25, 0.3) is 0 Å². The lowest BCUT2D eigenvalue weighted by Gasteiger charge is -2.38. The van der Waals surface area contributed by atoms with Crippen LogP contribution in [-0.4, -0.2) is 6.54 Å². The third-order valence-corrected chi connectivity index (χ3v) is 5.82. The first-order chi connectivity index (χ1) is 9.47. The molecule has 2 heteroatoms. The lowest BCUT2D eigenvalue weighted by molar-refractivity contribution is 0.141. The molecule has 1 aromatic carbocycles. The van der Waals surface area contributed by atoms with E-state index in [4.69, 9.17) is 11.6 Å². The van der Waals surface area contributed by atoms with Crippen LogP contribution in [0.5, 0.6) is 0 Å². The molecule has 0 aromatic heterocycles. The van der Waals surface area contributed by atoms with Gasteiger partial charge in [0.2, 0.25) is 0 Å². The van der Waals surface area contributed by atoms with E-state index in [-0.39, 0.29) is 0 Å². The van der Waals surface area contributed by atoms with Crippen molar-refractivity contribution < 1.29 is 0 Å². The Morgan fingerprint density at radius 3 is 2.45 bits per heavy atom. The van der Waals surface area contributed by atoms with Gasteiger partial charge in [-0.25, -0.2) is 0 Å². The van der Waals surface area contributed by atoms with Crippen molar-refractivity contribution in [3.05, 3.63) is 28.8 Å². The molecule has 20 heavy (non-hydrogen) atoms. The van der Waals surface area contributed by atoms with Crippen LogP contribution in [-0.2, 0) is 0 Å². The molecule has 1 saturated carbocycles. The molecular formula is C18H26ClN. The van der Waals surface area contributed by atoms with E-state index >= 15 is 0 Å². The second-order valence-corrected chi connectivity index (χ2v) is 8.08. The standard InChI is InChI=1S/C18H26ClN/c1-18(2,3)13-9-7-12(8-10-13)15-11-20-17-14(15)5-4-6-16(17)19/h4-6,12-13,15,20H,7-11H2,1-3H3. The topological polar surface area (TPSA) is 12.0 Å². The molecule has 0 saturated heterocycles. The van der Waals surface area contributed by atoms with Crippen LogP contribution in [0.4, 0.5) is 5.69 Å². The Kier molecular flexibility index (Phi) is 3.75. The zero-order chi connectivity index (χ0) is 14.3. The molecule has 1 heterocycles. The summed E-state index contributed by atoms with van der Waals surface area (Å²) in [6, 6.07) is 6.36. The monoisotopic (exact) mass is 291 g/mol. The van der Waals surface area contributed by atoms with Crippen LogP contribution in [0, 0.1) is 17.3 Å². The highest BCUT2D eigenvalue weighted by atomic mass is 35.5. The molecule has 0 amide bonds. The highest BCUT2D eigenvalue weighted by Crippen LogP contribution is 2.48. The predicted molar refractivity (Wildman–Crippen MR) is 87.6 cm³/mol. The van der Waals surface area contributed by atoms with Crippen LogP contribution >= 0.6 is 11.6 Å². The normalized spacial score (nSPS) is 29.9. The number of fused-ring (bicyclic) bond motifs is 1. The summed E-state index contributed by atoms with van der Waals surface area (Å²) in [5.74, 6) is 2.40. The molecule has 3 rings (SSSR count). The molecule has 1 aromatic rings. The number of hydrogen-bond acceptors (Lipinski definition) is 1. The Labute approximate surface area is 128 Å². The van der Waals surface area contributed by atoms with Crippen molar-refractivity contribution in [2.24, 2.45) is 17.3 Å². The quantitative estimate of drug-likeness (QED) is 0.699. The van der Waals surface area contributed by atoms with Crippen molar-refractivity contribution in [2.75, 3.05) is 11.9 Å². The molecule has 1 unspecified atom stereocenters. The van der Waals surface area contributed by atoms with Crippen LogP contribution in [0.25, 0.3) is 0 Å². The summed E-state index contributed by atoms with van der Waals surface area (Å²) in [5.41, 5.74) is 3.12. The highest BCUT2D eigenvalue weighted by molar-refractivity contribution is 6.33. The van der Waals surface area contributed by atoms with E-state index in [0.717, 1.165) is 23.4 Å². The maximum absolute atomic E-state index is 6.29. The first-order valence-electron chi connectivity index (χ1n) is 7.99. The average Bonchev–Trinajstić information content (AvgIpc) is 2.83. The minimum absolute atomic E-state index is 0.472. The molecule has 1 aliphatic carbocycles. The molecular weight excluding hydrogens is 266 g/mol. The van der Waals surface area contributed by atoms with E-state index in [2.05, 4.69) is 38.2 Å². The fourth-order valence-corrected chi connectivity index (χ4v) is 4.42. The smallest absolute Gasteiger partial charge is 0.0640 e. The van der Waals surface area contributed by atoms with Gasteiger partial charge in [0.15, 0.2) is 0 Å². The third kappa shape index (κ3) is 2.57. The van der Waals surface area contributed by atoms with Gasteiger partial charge in [-0.15, -0.1) is 0 Å². The third-order valence-electron chi connectivity index (χ3n) is 5.51. The van der Waals surface area contributed by atoms with E-state index < -0.39 is 0 Å². The second kappa shape index (κ2) is 5.26. The molecule has 1 aliphatic heterocycles. The Hall–Kier alpha value is -0.690. The summed E-state index contributed by atoms with van der Waals surface area (Å²) in [5, 5.41) is 4.41. The van der Waals surface area contributed by atoms with Gasteiger partial charge in [-0.1, -0.05) is 44.5 Å². The highest BCUT2D eigenvalue weighted by Gasteiger charge is 2.36. The zero-order valence-electron chi connectivity index (χ0n) is 12.9. The number of anilines is 1. The van der Waals surface area contributed by atoms with E-state index in [0.29, 0.717) is 11.3 Å². The minimum Gasteiger partial charge on any atom is -0.383 e. The van der Waals surface area contributed by atoms with Crippen molar-refractivity contribution in [1.29, 1.82) is 0 Å². The largest absolute Gasteiger partial charge is 0.383 e. The first kappa shape index (κ1) is 14.3. The maximum Gasteiger partial charge on any atom is 0.0640 e. The van der Waals surface area contributed by atoms with Crippen molar-refractivity contribution >= 4 is 17.3 Å². The van der Waals surface area contributed by atoms with Gasteiger partial charge in [-0.3, -0.25) is 0 Å². The summed E-state index contributed by atoms with van der Waals surface area (Å²) in [6.45, 7) is 8.25. The summed E-state index contributed by atoms with van der Waals surface area (Å²) in [4.78, 5) is 0. The Morgan fingerprint density at radius 2 is 1.80 bits per heavy atom. The zero-order valence-corrected chi connectivity index (χ0v) is 13.6. The molecule has 0 spiro atoms. The number of benzene rings is 1. The fraction of sp³-hybridized carbons (Fsp3) is 0.667. The van der Waals surface area contributed by atoms with Gasteiger partial charge in [0.05, 0.1) is 10.7 Å². The molecule has 1 atom stereocenters. The van der Waals surface area contributed by atoms with Crippen LogP contribution in [0.15, 0.2) is 18.2 Å². The Bertz CT molecular complexity index is 481. The summed E-state index contributed by atoms with van der Waals surface area (Å²) in [6.07, 6.45) is 5.53. The van der Waals surface area contributed by atoms with E-state index in [1.54, 1.807) is 0 Å². The number of para-hydroxylation sites is 1. The van der Waals surface area contributed by atoms with E-state index in [1.807, 2.05) is 6.07 Å². The molecule has 0 radical (unpaired) electrons. The van der Waals surface area contributed by atoms with Gasteiger partial charge in [0.1, 0.15) is 0 Å². The van der Waals surface area contributed by atoms with Crippen molar-refractivity contribution in [2.45, 2.75) is 52.4 Å². The van der Waals surface area contributed by atoms with E-state index in [9.17, 15) is 0 Å². The summed E-state index contributed by atoms with van der Waals surface area (Å²) >= 11 is 6.29. The molecule has 1 N–H and O–H groups in total. The Morgan fingerprint density at radius 1 is 1.10 bits per heavy atom. The van der Waals surface area contributed by atoms with Crippen molar-refractivity contribution in [1.82, 2.24) is 0 Å². The first-order valence-corrected chi connectivity index (χ1v) is 8.37. The summed E-state index contributed by atoms with van der Waals surface area (Å²) in [7, 11) is 0. The molecule has 110 valence electrons. The molecule has 1 fully saturated rings. The van der Waals surface area contributed by atoms with Crippen molar-refractivity contribution in [3.63, 3.8) is 0 Å². The van der Waals surface area contributed by atoms with Crippen LogP contribution in [0.2, 0.25) is 5.02 Å². The van der Waals surface area contributed by atoms with Gasteiger partial charge >= 0.3 is 0 Å². The second-order valence-electron chi connectivity index (χ2n) is 7.67. The number of halogens is 1. The lowest BCUT2D eigenvalue weighted by atomic mass is 9.67. The molecule has 2 aliphatic rings. The van der Waals surface area contributed by atoms with Crippen LogP contribution in [0.1, 0.15) is 57.9 Å². The number of hydrogen-bond donors (Lipinski definition) is 1. The number of nitrogens with one attached hydrogen (secondary N) is 1. The van der Waals surface area contributed by atoms with Gasteiger partial charge in [0, 0.05) is 12.5 Å².